The zero-order valence-electron chi connectivity index (χ0n) is 25.9. The van der Waals surface area contributed by atoms with Crippen LogP contribution in [0.4, 0.5) is 10.1 Å². The number of amidine groups is 1. The Kier molecular flexibility index (Phi) is 11.7. The van der Waals surface area contributed by atoms with Crippen molar-refractivity contribution in [2.24, 2.45) is 12.8 Å². The third-order valence-corrected chi connectivity index (χ3v) is 8.20. The van der Waals surface area contributed by atoms with Crippen LogP contribution in [0.25, 0.3) is 21.8 Å². The molecule has 0 atom stereocenters. The second-order valence-electron chi connectivity index (χ2n) is 11.2. The molecule has 0 aliphatic carbocycles. The number of nitrogen functional groups attached to an aromatic ring is 1. The van der Waals surface area contributed by atoms with Crippen LogP contribution in [0.2, 0.25) is 0 Å². The normalized spacial score (nSPS) is 10.8. The number of benzene rings is 5. The van der Waals surface area contributed by atoms with Crippen LogP contribution in [0, 0.1) is 11.2 Å². The maximum Gasteiger partial charge on any atom is 0.241 e. The van der Waals surface area contributed by atoms with Crippen LogP contribution >= 0.6 is 24.8 Å². The number of aromatic nitrogens is 2. The molecule has 7 nitrogen and oxygen atoms in total. The molecule has 0 saturated heterocycles. The lowest BCUT2D eigenvalue weighted by Crippen LogP contribution is -2.37. The lowest BCUT2D eigenvalue weighted by atomic mass is 10.0. The fourth-order valence-corrected chi connectivity index (χ4v) is 5.67. The van der Waals surface area contributed by atoms with Gasteiger partial charge in [-0.05, 0) is 64.2 Å². The predicted octanol–water partition coefficient (Wildman–Crippen LogP) is 7.10. The third-order valence-electron chi connectivity index (χ3n) is 8.20. The number of halogens is 3. The van der Waals surface area contributed by atoms with Gasteiger partial charge in [0.25, 0.3) is 0 Å². The number of nitrogens with zero attached hydrogens (tertiary/aromatic N) is 3. The molecule has 242 valence electrons. The molecule has 0 aliphatic rings. The molecule has 47 heavy (non-hydrogen) atoms. The van der Waals surface area contributed by atoms with Crippen molar-refractivity contribution in [3.05, 3.63) is 143 Å². The SMILES string of the molecule is Cl.Cl.Cn1c(CCc2ccc(C(=N)N)cc2)nc2cc(N(Cc3cccc4ccccc34)C(=O)CNCc3ccc(F)cc3)ccc21. The van der Waals surface area contributed by atoms with Crippen LogP contribution < -0.4 is 16.0 Å². The maximum absolute atomic E-state index is 13.8. The van der Waals surface area contributed by atoms with Gasteiger partial charge in [-0.15, -0.1) is 24.8 Å². The first-order chi connectivity index (χ1) is 21.9. The Bertz CT molecular complexity index is 1990. The molecule has 6 aromatic rings. The van der Waals surface area contributed by atoms with E-state index in [1.807, 2.05) is 72.6 Å². The van der Waals surface area contributed by atoms with Crippen LogP contribution in [0.1, 0.15) is 28.1 Å². The molecule has 6 rings (SSSR count). The van der Waals surface area contributed by atoms with Gasteiger partial charge in [-0.25, -0.2) is 9.37 Å². The minimum atomic E-state index is -0.285. The molecule has 1 aromatic heterocycles. The van der Waals surface area contributed by atoms with Gasteiger partial charge in [0.05, 0.1) is 24.1 Å². The largest absolute Gasteiger partial charge is 0.384 e. The fraction of sp³-hybridized carbons (Fsp3) is 0.162. The Morgan fingerprint density at radius 2 is 1.60 bits per heavy atom. The average molecular weight is 672 g/mol. The van der Waals surface area contributed by atoms with Crippen molar-refractivity contribution < 1.29 is 9.18 Å². The van der Waals surface area contributed by atoms with Crippen LogP contribution in [-0.2, 0) is 37.8 Å². The first-order valence-corrected chi connectivity index (χ1v) is 15.0. The number of amides is 1. The van der Waals surface area contributed by atoms with Gasteiger partial charge >= 0.3 is 0 Å². The molecule has 10 heteroatoms. The van der Waals surface area contributed by atoms with Gasteiger partial charge in [0.1, 0.15) is 17.5 Å². The molecule has 0 aliphatic heterocycles. The van der Waals surface area contributed by atoms with Gasteiger partial charge in [0, 0.05) is 31.3 Å². The van der Waals surface area contributed by atoms with Crippen molar-refractivity contribution in [3.63, 3.8) is 0 Å². The second kappa shape index (κ2) is 15.7. The van der Waals surface area contributed by atoms with Crippen molar-refractivity contribution in [2.75, 3.05) is 11.4 Å². The Balaban J connectivity index is 0.00000250. The topological polar surface area (TPSA) is 100 Å². The van der Waals surface area contributed by atoms with E-state index < -0.39 is 0 Å². The molecule has 0 bridgehead atoms. The number of aryl methyl sites for hydroxylation is 3. The Morgan fingerprint density at radius 1 is 0.894 bits per heavy atom. The molecule has 0 fully saturated rings. The molecule has 1 heterocycles. The highest BCUT2D eigenvalue weighted by atomic mass is 35.5. The van der Waals surface area contributed by atoms with Crippen LogP contribution in [0.15, 0.2) is 109 Å². The predicted molar refractivity (Wildman–Crippen MR) is 193 cm³/mol. The number of hydrogen-bond donors (Lipinski definition) is 3. The minimum Gasteiger partial charge on any atom is -0.384 e. The number of fused-ring (bicyclic) bond motifs is 2. The second-order valence-corrected chi connectivity index (χ2v) is 11.2. The zero-order chi connectivity index (χ0) is 31.3. The number of hydrogen-bond acceptors (Lipinski definition) is 4. The minimum absolute atomic E-state index is 0. The maximum atomic E-state index is 13.8. The molecular formula is C37H37Cl2FN6O. The van der Waals surface area contributed by atoms with E-state index in [9.17, 15) is 9.18 Å². The van der Waals surface area contributed by atoms with Gasteiger partial charge < -0.3 is 20.5 Å². The van der Waals surface area contributed by atoms with E-state index in [1.54, 1.807) is 12.1 Å². The van der Waals surface area contributed by atoms with Gasteiger partial charge in [-0.1, -0.05) is 78.9 Å². The highest BCUT2D eigenvalue weighted by Gasteiger charge is 2.19. The number of rotatable bonds is 11. The van der Waals surface area contributed by atoms with E-state index in [4.69, 9.17) is 16.1 Å². The van der Waals surface area contributed by atoms with Crippen molar-refractivity contribution in [2.45, 2.75) is 25.9 Å². The van der Waals surface area contributed by atoms with Crippen LogP contribution in [0.3, 0.4) is 0 Å². The summed E-state index contributed by atoms with van der Waals surface area (Å²) in [5.41, 5.74) is 12.0. The van der Waals surface area contributed by atoms with E-state index in [-0.39, 0.29) is 48.9 Å². The van der Waals surface area contributed by atoms with E-state index >= 15 is 0 Å². The molecule has 0 spiro atoms. The molecular weight excluding hydrogens is 634 g/mol. The summed E-state index contributed by atoms with van der Waals surface area (Å²) in [6, 6.07) is 34.4. The van der Waals surface area contributed by atoms with Crippen molar-refractivity contribution in [3.8, 4) is 0 Å². The summed E-state index contributed by atoms with van der Waals surface area (Å²) in [4.78, 5) is 20.6. The summed E-state index contributed by atoms with van der Waals surface area (Å²) in [5, 5.41) is 13.1. The van der Waals surface area contributed by atoms with Crippen molar-refractivity contribution in [1.82, 2.24) is 14.9 Å². The first-order valence-electron chi connectivity index (χ1n) is 15.0. The highest BCUT2D eigenvalue weighted by Crippen LogP contribution is 2.27. The van der Waals surface area contributed by atoms with Crippen LogP contribution in [0.5, 0.6) is 0 Å². The van der Waals surface area contributed by atoms with E-state index in [0.717, 1.165) is 62.8 Å². The molecule has 0 unspecified atom stereocenters. The molecule has 5 aromatic carbocycles. The van der Waals surface area contributed by atoms with Gasteiger partial charge in [-0.3, -0.25) is 10.2 Å². The van der Waals surface area contributed by atoms with E-state index in [1.165, 1.54) is 12.1 Å². The van der Waals surface area contributed by atoms with Gasteiger partial charge in [0.2, 0.25) is 5.91 Å². The van der Waals surface area contributed by atoms with Crippen LogP contribution in [-0.4, -0.2) is 27.8 Å². The fourth-order valence-electron chi connectivity index (χ4n) is 5.67. The summed E-state index contributed by atoms with van der Waals surface area (Å²) in [5.74, 6) is 0.650. The molecule has 4 N–H and O–H groups in total. The number of anilines is 1. The standard InChI is InChI=1S/C37H35FN6O.2ClH/c1-43-34-19-18-31(21-33(34)42-35(43)20-13-25-9-14-28(15-10-25)37(39)40)44(24-29-7-4-6-27-5-2-3-8-32(27)29)36(45)23-41-22-26-11-16-30(38)17-12-26;;/h2-12,14-19,21,41H,13,20,22-24H2,1H3,(H3,39,40);2*1H. The number of nitrogens with one attached hydrogen (secondary N) is 2. The van der Waals surface area contributed by atoms with Crippen molar-refractivity contribution >= 4 is 64.1 Å². The third kappa shape index (κ3) is 8.16. The molecule has 0 saturated carbocycles. The zero-order valence-corrected chi connectivity index (χ0v) is 27.6. The highest BCUT2D eigenvalue weighted by molar-refractivity contribution is 5.97. The quantitative estimate of drug-likeness (QED) is 0.101. The van der Waals surface area contributed by atoms with E-state index in [2.05, 4.69) is 34.1 Å². The van der Waals surface area contributed by atoms with E-state index in [0.29, 0.717) is 18.7 Å². The number of carbonyl (C=O) groups is 1. The van der Waals surface area contributed by atoms with Gasteiger partial charge in [-0.2, -0.15) is 0 Å². The number of imidazole rings is 1. The summed E-state index contributed by atoms with van der Waals surface area (Å²) < 4.78 is 15.4. The monoisotopic (exact) mass is 670 g/mol. The number of carbonyl (C=O) groups excluding carboxylic acids is 1. The van der Waals surface area contributed by atoms with Gasteiger partial charge in [0.15, 0.2) is 0 Å². The Morgan fingerprint density at radius 3 is 2.34 bits per heavy atom. The average Bonchev–Trinajstić information content (AvgIpc) is 3.37. The Labute approximate surface area is 285 Å². The molecule has 1 amide bonds. The molecule has 0 radical (unpaired) electrons. The smallest absolute Gasteiger partial charge is 0.241 e. The number of nitrogens with two attached hydrogens (primary N) is 1. The summed E-state index contributed by atoms with van der Waals surface area (Å²) in [7, 11) is 2.02. The summed E-state index contributed by atoms with van der Waals surface area (Å²) >= 11 is 0. The lowest BCUT2D eigenvalue weighted by molar-refractivity contribution is -0.118. The first kappa shape index (κ1) is 35.1. The summed E-state index contributed by atoms with van der Waals surface area (Å²) in [6.07, 6.45) is 1.54. The lowest BCUT2D eigenvalue weighted by Gasteiger charge is -2.24. The summed E-state index contributed by atoms with van der Waals surface area (Å²) in [6.45, 7) is 0.976. The van der Waals surface area contributed by atoms with Crippen molar-refractivity contribution in [1.29, 1.82) is 5.41 Å². The Hall–Kier alpha value is -4.76.